The molecule has 4 aromatic rings. The first-order chi connectivity index (χ1) is 20.9. The first kappa shape index (κ1) is 29.9. The summed E-state index contributed by atoms with van der Waals surface area (Å²) in [6, 6.07) is 3.54. The van der Waals surface area contributed by atoms with Crippen molar-refractivity contribution in [2.75, 3.05) is 64.2 Å². The minimum Gasteiger partial charge on any atom is -0.463 e. The number of aliphatic hydroxyl groups is 1. The molecule has 1 aliphatic heterocycles. The van der Waals surface area contributed by atoms with Crippen LogP contribution in [0.3, 0.4) is 0 Å². The van der Waals surface area contributed by atoms with E-state index in [-0.39, 0.29) is 75.6 Å². The zero-order valence-corrected chi connectivity index (χ0v) is 24.8. The number of halogens is 3. The molecule has 6 rings (SSSR count). The lowest BCUT2D eigenvalue weighted by Crippen LogP contribution is -2.42. The van der Waals surface area contributed by atoms with Gasteiger partial charge in [0.2, 0.25) is 0 Å². The van der Waals surface area contributed by atoms with E-state index in [0.717, 1.165) is 31.5 Å². The number of benzene rings is 2. The summed E-state index contributed by atoms with van der Waals surface area (Å²) >= 11 is 0. The predicted octanol–water partition coefficient (Wildman–Crippen LogP) is 4.13. The van der Waals surface area contributed by atoms with Gasteiger partial charge in [0.25, 0.3) is 0 Å². The Labute approximate surface area is 252 Å². The zero-order valence-electron chi connectivity index (χ0n) is 24.8. The van der Waals surface area contributed by atoms with Crippen molar-refractivity contribution in [3.8, 4) is 29.5 Å². The first-order valence-electron chi connectivity index (χ1n) is 14.3. The molecule has 3 N–H and O–H groups in total. The number of nitrogens with two attached hydrogens (primary N) is 1. The van der Waals surface area contributed by atoms with Crippen LogP contribution in [0, 0.1) is 35.2 Å². The van der Waals surface area contributed by atoms with Crippen LogP contribution in [0.2, 0.25) is 0 Å². The number of pyridine rings is 1. The van der Waals surface area contributed by atoms with E-state index in [1.807, 2.05) is 14.1 Å². The highest BCUT2D eigenvalue weighted by molar-refractivity contribution is 6.06. The molecular formula is C32H33F3N6O3. The molecule has 2 aliphatic rings. The second-order valence-electron chi connectivity index (χ2n) is 12.3. The van der Waals surface area contributed by atoms with Gasteiger partial charge in [0.15, 0.2) is 5.82 Å². The Kier molecular flexibility index (Phi) is 7.52. The molecule has 0 amide bonds. The van der Waals surface area contributed by atoms with Gasteiger partial charge >= 0.3 is 6.01 Å². The molecule has 0 radical (unpaired) electrons. The number of terminal acetylenes is 1. The molecule has 44 heavy (non-hydrogen) atoms. The highest BCUT2D eigenvalue weighted by atomic mass is 19.1. The molecule has 1 saturated carbocycles. The molecule has 1 atom stereocenters. The molecule has 1 unspecified atom stereocenters. The fourth-order valence-corrected chi connectivity index (χ4v) is 5.98. The zero-order chi connectivity index (χ0) is 31.4. The molecule has 3 heterocycles. The Hall–Kier alpha value is -4.18. The van der Waals surface area contributed by atoms with Crippen molar-refractivity contribution < 1.29 is 27.8 Å². The molecule has 230 valence electrons. The van der Waals surface area contributed by atoms with Gasteiger partial charge < -0.3 is 30.1 Å². The molecule has 2 fully saturated rings. The second kappa shape index (κ2) is 11.1. The first-order valence-corrected chi connectivity index (χ1v) is 14.3. The van der Waals surface area contributed by atoms with Crippen LogP contribution in [-0.4, -0.2) is 84.1 Å². The van der Waals surface area contributed by atoms with Gasteiger partial charge in [-0.05, 0) is 52.1 Å². The molecule has 0 spiro atoms. The van der Waals surface area contributed by atoms with Crippen LogP contribution in [0.4, 0.5) is 24.8 Å². The quantitative estimate of drug-likeness (QED) is 0.300. The van der Waals surface area contributed by atoms with Crippen LogP contribution in [0.1, 0.15) is 25.3 Å². The third-order valence-corrected chi connectivity index (χ3v) is 8.15. The van der Waals surface area contributed by atoms with Crippen LogP contribution >= 0.6 is 0 Å². The molecule has 2 aromatic carbocycles. The van der Waals surface area contributed by atoms with Crippen molar-refractivity contribution in [3.05, 3.63) is 47.4 Å². The lowest BCUT2D eigenvalue weighted by atomic mass is 9.94. The Morgan fingerprint density at radius 1 is 1.18 bits per heavy atom. The van der Waals surface area contributed by atoms with E-state index in [1.165, 1.54) is 12.3 Å². The lowest BCUT2D eigenvalue weighted by Gasteiger charge is -2.29. The third-order valence-electron chi connectivity index (χ3n) is 8.15. The van der Waals surface area contributed by atoms with E-state index in [4.69, 9.17) is 21.6 Å². The number of nitrogen functional groups attached to an aromatic ring is 1. The smallest absolute Gasteiger partial charge is 0.319 e. The summed E-state index contributed by atoms with van der Waals surface area (Å²) in [6.45, 7) is 3.46. The maximum absolute atomic E-state index is 16.7. The average Bonchev–Trinajstić information content (AvgIpc) is 3.75. The maximum Gasteiger partial charge on any atom is 0.319 e. The highest BCUT2D eigenvalue weighted by Crippen LogP contribution is 2.46. The Balaban J connectivity index is 1.56. The van der Waals surface area contributed by atoms with Gasteiger partial charge in [-0.3, -0.25) is 0 Å². The Morgan fingerprint density at radius 3 is 2.66 bits per heavy atom. The SMILES string of the molecule is C#Cc1c(F)ccc2c(N)ncc(-c3c(F)cc4c(N5CCOCC(C)(O)C5)nc(OCC5(CN(C)C)CC5)nc4c3F)c12. The number of rotatable bonds is 7. The largest absolute Gasteiger partial charge is 0.463 e. The summed E-state index contributed by atoms with van der Waals surface area (Å²) < 4.78 is 59.3. The van der Waals surface area contributed by atoms with Crippen molar-refractivity contribution in [1.29, 1.82) is 0 Å². The molecule has 0 bridgehead atoms. The molecular weight excluding hydrogens is 573 g/mol. The van der Waals surface area contributed by atoms with Gasteiger partial charge in [-0.1, -0.05) is 5.92 Å². The fourth-order valence-electron chi connectivity index (χ4n) is 5.98. The van der Waals surface area contributed by atoms with E-state index in [1.54, 1.807) is 11.8 Å². The summed E-state index contributed by atoms with van der Waals surface area (Å²) in [6.07, 6.45) is 8.73. The van der Waals surface area contributed by atoms with E-state index < -0.39 is 28.6 Å². The monoisotopic (exact) mass is 606 g/mol. The maximum atomic E-state index is 16.7. The van der Waals surface area contributed by atoms with Gasteiger partial charge in [-0.2, -0.15) is 9.97 Å². The van der Waals surface area contributed by atoms with Crippen LogP contribution in [0.25, 0.3) is 32.8 Å². The molecule has 9 nitrogen and oxygen atoms in total. The van der Waals surface area contributed by atoms with Crippen molar-refractivity contribution >= 4 is 33.3 Å². The molecule has 12 heteroatoms. The summed E-state index contributed by atoms with van der Waals surface area (Å²) in [5.41, 5.74) is 3.74. The highest BCUT2D eigenvalue weighted by Gasteiger charge is 2.44. The number of hydrogen-bond acceptors (Lipinski definition) is 9. The van der Waals surface area contributed by atoms with Crippen molar-refractivity contribution in [3.63, 3.8) is 0 Å². The number of hydrogen-bond donors (Lipinski definition) is 2. The Bertz CT molecular complexity index is 1820. The van der Waals surface area contributed by atoms with Crippen LogP contribution in [-0.2, 0) is 4.74 Å². The number of fused-ring (bicyclic) bond motifs is 2. The normalized spacial score (nSPS) is 19.8. The topological polar surface area (TPSA) is 110 Å². The fraction of sp³-hybridized carbons (Fsp3) is 0.406. The van der Waals surface area contributed by atoms with Gasteiger partial charge in [-0.15, -0.1) is 6.42 Å². The molecule has 2 aromatic heterocycles. The van der Waals surface area contributed by atoms with Gasteiger partial charge in [0.1, 0.15) is 34.4 Å². The van der Waals surface area contributed by atoms with Crippen molar-refractivity contribution in [2.24, 2.45) is 5.41 Å². The van der Waals surface area contributed by atoms with Gasteiger partial charge in [0, 0.05) is 46.4 Å². The van der Waals surface area contributed by atoms with Crippen LogP contribution in [0.5, 0.6) is 6.01 Å². The van der Waals surface area contributed by atoms with Gasteiger partial charge in [-0.25, -0.2) is 18.2 Å². The minimum atomic E-state index is -1.25. The number of aromatic nitrogens is 3. The van der Waals surface area contributed by atoms with E-state index in [0.29, 0.717) is 13.2 Å². The van der Waals surface area contributed by atoms with Gasteiger partial charge in [0.05, 0.1) is 37.5 Å². The standard InChI is InChI=1S/C32H33F3N6O3/c1-5-18-22(33)7-6-19-24(18)21(13-37-28(19)36)25-23(34)12-20-27(26(25)35)38-30(44-17-32(8-9-32)15-40(3)4)39-29(20)41-10-11-43-16-31(2,42)14-41/h1,6-7,12-13,42H,8-11,14-17H2,2-4H3,(H2,36,37). The van der Waals surface area contributed by atoms with E-state index in [2.05, 4.69) is 25.8 Å². The lowest BCUT2D eigenvalue weighted by molar-refractivity contribution is -0.0123. The molecule has 1 aliphatic carbocycles. The minimum absolute atomic E-state index is 0.0318. The number of anilines is 2. The number of ether oxygens (including phenoxy) is 2. The van der Waals surface area contributed by atoms with Crippen molar-refractivity contribution in [2.45, 2.75) is 25.4 Å². The van der Waals surface area contributed by atoms with E-state index in [9.17, 15) is 9.50 Å². The second-order valence-corrected chi connectivity index (χ2v) is 12.3. The van der Waals surface area contributed by atoms with E-state index >= 15 is 8.78 Å². The third kappa shape index (κ3) is 5.47. The summed E-state index contributed by atoms with van der Waals surface area (Å²) in [4.78, 5) is 16.9. The van der Waals surface area contributed by atoms with Crippen LogP contribution < -0.4 is 15.4 Å². The van der Waals surface area contributed by atoms with Crippen LogP contribution in [0.15, 0.2) is 24.4 Å². The summed E-state index contributed by atoms with van der Waals surface area (Å²) in [5.74, 6) is -0.228. The van der Waals surface area contributed by atoms with Crippen molar-refractivity contribution in [1.82, 2.24) is 19.9 Å². The number of β-amino-alcohol motifs (C(OH)–C–C–N with tert-alkyl or cyclic N) is 1. The average molecular weight is 607 g/mol. The summed E-state index contributed by atoms with van der Waals surface area (Å²) in [5, 5.41) is 11.3. The number of nitrogens with zero attached hydrogens (tertiary/aromatic N) is 5. The predicted molar refractivity (Wildman–Crippen MR) is 162 cm³/mol. The summed E-state index contributed by atoms with van der Waals surface area (Å²) in [7, 11) is 3.97. The Morgan fingerprint density at radius 2 is 1.95 bits per heavy atom. The molecule has 1 saturated heterocycles.